The van der Waals surface area contributed by atoms with Gasteiger partial charge in [0.2, 0.25) is 15.9 Å². The summed E-state index contributed by atoms with van der Waals surface area (Å²) in [6.07, 6.45) is 3.50. The molecule has 2 rings (SSSR count). The van der Waals surface area contributed by atoms with E-state index in [4.69, 9.17) is 4.74 Å². The molecule has 0 aromatic heterocycles. The van der Waals surface area contributed by atoms with Crippen LogP contribution in [-0.2, 0) is 35.7 Å². The minimum atomic E-state index is -3.89. The zero-order chi connectivity index (χ0) is 26.7. The lowest BCUT2D eigenvalue weighted by molar-refractivity contribution is -0.141. The van der Waals surface area contributed by atoms with Crippen LogP contribution in [0.2, 0.25) is 0 Å². The van der Waals surface area contributed by atoms with Gasteiger partial charge in [-0.05, 0) is 43.9 Å². The van der Waals surface area contributed by atoms with Crippen LogP contribution in [0.3, 0.4) is 0 Å². The van der Waals surface area contributed by atoms with Crippen LogP contribution in [0.25, 0.3) is 0 Å². The summed E-state index contributed by atoms with van der Waals surface area (Å²) < 4.78 is 40.0. The van der Waals surface area contributed by atoms with E-state index in [0.29, 0.717) is 17.7 Å². The number of esters is 1. The average molecular weight is 517 g/mol. The van der Waals surface area contributed by atoms with Gasteiger partial charge in [0.1, 0.15) is 0 Å². The number of carbonyl (C=O) groups excluding carboxylic acids is 2. The minimum absolute atomic E-state index is 0.0477. The Morgan fingerprint density at radius 1 is 1.03 bits per heavy atom. The maximum Gasteiger partial charge on any atom is 0.305 e. The molecule has 0 saturated carbocycles. The van der Waals surface area contributed by atoms with Crippen LogP contribution in [0, 0.1) is 26.7 Å². The average Bonchev–Trinajstić information content (AvgIpc) is 2.82. The number of carbonyl (C=O) groups is 2. The topological polar surface area (TPSA) is 111 Å². The van der Waals surface area contributed by atoms with Gasteiger partial charge in [0.25, 0.3) is 0 Å². The summed E-state index contributed by atoms with van der Waals surface area (Å²) in [5.41, 5.74) is 3.23. The van der Waals surface area contributed by atoms with Crippen molar-refractivity contribution in [3.05, 3.63) is 76.9 Å². The molecule has 9 heteroatoms. The number of ether oxygens (including phenoxy) is 2. The number of aryl methyl sites for hydroxylation is 3. The summed E-state index contributed by atoms with van der Waals surface area (Å²) in [5.74, 6) is -1.35. The van der Waals surface area contributed by atoms with Crippen LogP contribution in [0.1, 0.15) is 35.1 Å². The maximum absolute atomic E-state index is 13.4. The Morgan fingerprint density at radius 3 is 2.25 bits per heavy atom. The van der Waals surface area contributed by atoms with Crippen molar-refractivity contribution in [3.63, 3.8) is 0 Å². The zero-order valence-corrected chi connectivity index (χ0v) is 22.4. The number of hydrogen-bond acceptors (Lipinski definition) is 6. The highest BCUT2D eigenvalue weighted by Gasteiger charge is 2.24. The van der Waals surface area contributed by atoms with Crippen LogP contribution < -0.4 is 10.0 Å². The van der Waals surface area contributed by atoms with Crippen molar-refractivity contribution >= 4 is 21.9 Å². The van der Waals surface area contributed by atoms with Crippen molar-refractivity contribution < 1.29 is 27.5 Å². The molecule has 2 aromatic carbocycles. The number of hydrogen-bond donors (Lipinski definition) is 2. The largest absolute Gasteiger partial charge is 0.469 e. The quantitative estimate of drug-likeness (QED) is 0.312. The Balaban J connectivity index is 2.28. The first kappa shape index (κ1) is 29.2. The Hall–Kier alpha value is -3.01. The summed E-state index contributed by atoms with van der Waals surface area (Å²) in [5, 5.41) is 2.58. The standard InChI is InChI=1S/C27H36N2O6S/c1-19-15-20(2)26(21(3)16-19)36(32,33)29-24(18-35-17-22-9-7-6-8-10-22)13-11-23(27(31)28-4)12-14-25(30)34-5/h6-11,13,15-16,23-24,29H,12,14,17-18H2,1-5H3,(H,28,31)/b13-11+/t23-,24-/m1/s1. The van der Waals surface area contributed by atoms with Gasteiger partial charge in [-0.1, -0.05) is 60.2 Å². The number of amides is 1. The normalized spacial score (nSPS) is 13.4. The summed E-state index contributed by atoms with van der Waals surface area (Å²) in [4.78, 5) is 24.2. The Kier molecular flexibility index (Phi) is 11.3. The smallest absolute Gasteiger partial charge is 0.305 e. The molecule has 2 N–H and O–H groups in total. The van der Waals surface area contributed by atoms with Gasteiger partial charge in [-0.25, -0.2) is 13.1 Å². The fourth-order valence-corrected chi connectivity index (χ4v) is 5.63. The summed E-state index contributed by atoms with van der Waals surface area (Å²) in [6, 6.07) is 12.4. The van der Waals surface area contributed by atoms with Crippen LogP contribution in [0.15, 0.2) is 59.5 Å². The number of sulfonamides is 1. The third-order valence-corrected chi connectivity index (χ3v) is 7.43. The van der Waals surface area contributed by atoms with E-state index in [1.54, 1.807) is 26.0 Å². The number of nitrogens with one attached hydrogen (secondary N) is 2. The van der Waals surface area contributed by atoms with Crippen molar-refractivity contribution in [1.29, 1.82) is 0 Å². The highest BCUT2D eigenvalue weighted by atomic mass is 32.2. The van der Waals surface area contributed by atoms with Crippen molar-refractivity contribution in [2.24, 2.45) is 5.92 Å². The van der Waals surface area contributed by atoms with Gasteiger partial charge in [-0.3, -0.25) is 9.59 Å². The van der Waals surface area contributed by atoms with Gasteiger partial charge in [0.15, 0.2) is 0 Å². The second-order valence-electron chi connectivity index (χ2n) is 8.68. The number of rotatable bonds is 13. The minimum Gasteiger partial charge on any atom is -0.469 e. The monoisotopic (exact) mass is 516 g/mol. The maximum atomic E-state index is 13.4. The molecule has 0 radical (unpaired) electrons. The predicted molar refractivity (Wildman–Crippen MR) is 139 cm³/mol. The number of methoxy groups -OCH3 is 1. The molecule has 2 aromatic rings. The molecule has 0 saturated heterocycles. The van der Waals surface area contributed by atoms with Gasteiger partial charge in [0, 0.05) is 13.5 Å². The summed E-state index contributed by atoms with van der Waals surface area (Å²) in [6.45, 7) is 5.79. The molecular formula is C27H36N2O6S. The molecule has 0 heterocycles. The molecule has 2 atom stereocenters. The van der Waals surface area contributed by atoms with E-state index in [-0.39, 0.29) is 30.3 Å². The van der Waals surface area contributed by atoms with E-state index in [1.807, 2.05) is 49.4 Å². The molecular weight excluding hydrogens is 480 g/mol. The molecule has 0 bridgehead atoms. The van der Waals surface area contributed by atoms with E-state index >= 15 is 0 Å². The van der Waals surface area contributed by atoms with E-state index in [0.717, 1.165) is 11.1 Å². The lowest BCUT2D eigenvalue weighted by Crippen LogP contribution is -2.38. The van der Waals surface area contributed by atoms with Crippen molar-refractivity contribution in [1.82, 2.24) is 10.0 Å². The van der Waals surface area contributed by atoms with Gasteiger partial charge < -0.3 is 14.8 Å². The van der Waals surface area contributed by atoms with Crippen LogP contribution in [-0.4, -0.2) is 47.1 Å². The van der Waals surface area contributed by atoms with Crippen LogP contribution >= 0.6 is 0 Å². The van der Waals surface area contributed by atoms with Crippen LogP contribution in [0.5, 0.6) is 0 Å². The molecule has 0 aliphatic heterocycles. The van der Waals surface area contributed by atoms with Gasteiger partial charge in [0.05, 0.1) is 37.2 Å². The Labute approximate surface area is 214 Å². The highest BCUT2D eigenvalue weighted by molar-refractivity contribution is 7.89. The summed E-state index contributed by atoms with van der Waals surface area (Å²) >= 11 is 0. The van der Waals surface area contributed by atoms with E-state index in [9.17, 15) is 18.0 Å². The Morgan fingerprint density at radius 2 is 1.67 bits per heavy atom. The van der Waals surface area contributed by atoms with Crippen molar-refractivity contribution in [2.75, 3.05) is 20.8 Å². The molecule has 0 unspecified atom stereocenters. The molecule has 196 valence electrons. The Bertz CT molecular complexity index is 1140. The fraction of sp³-hybridized carbons (Fsp3) is 0.407. The SMILES string of the molecule is CNC(=O)[C@H](/C=C/[C@H](COCc1ccccc1)NS(=O)(=O)c1c(C)cc(C)cc1C)CCC(=O)OC. The molecule has 36 heavy (non-hydrogen) atoms. The van der Waals surface area contributed by atoms with Crippen molar-refractivity contribution in [2.45, 2.75) is 51.2 Å². The fourth-order valence-electron chi connectivity index (χ4n) is 4.00. The first-order chi connectivity index (χ1) is 17.1. The van der Waals surface area contributed by atoms with E-state index in [2.05, 4.69) is 14.8 Å². The van der Waals surface area contributed by atoms with E-state index < -0.39 is 28.0 Å². The molecule has 1 amide bonds. The van der Waals surface area contributed by atoms with Gasteiger partial charge in [-0.15, -0.1) is 0 Å². The third kappa shape index (κ3) is 8.89. The molecule has 0 spiro atoms. The molecule has 8 nitrogen and oxygen atoms in total. The van der Waals surface area contributed by atoms with Gasteiger partial charge in [-0.2, -0.15) is 0 Å². The summed E-state index contributed by atoms with van der Waals surface area (Å²) in [7, 11) is -1.10. The second kappa shape index (κ2) is 13.9. The number of benzene rings is 2. The van der Waals surface area contributed by atoms with Crippen LogP contribution in [0.4, 0.5) is 0 Å². The predicted octanol–water partition coefficient (Wildman–Crippen LogP) is 3.35. The molecule has 0 aliphatic rings. The lowest BCUT2D eigenvalue weighted by atomic mass is 10.0. The lowest BCUT2D eigenvalue weighted by Gasteiger charge is -2.19. The first-order valence-corrected chi connectivity index (χ1v) is 13.2. The third-order valence-electron chi connectivity index (χ3n) is 5.63. The molecule has 0 fully saturated rings. The van der Waals surface area contributed by atoms with E-state index in [1.165, 1.54) is 14.2 Å². The second-order valence-corrected chi connectivity index (χ2v) is 10.3. The van der Waals surface area contributed by atoms with Gasteiger partial charge >= 0.3 is 5.97 Å². The highest BCUT2D eigenvalue weighted by Crippen LogP contribution is 2.22. The molecule has 0 aliphatic carbocycles. The zero-order valence-electron chi connectivity index (χ0n) is 21.5. The van der Waals surface area contributed by atoms with Crippen molar-refractivity contribution in [3.8, 4) is 0 Å². The first-order valence-electron chi connectivity index (χ1n) is 11.8.